The molecule has 1 aromatic rings. The zero-order valence-corrected chi connectivity index (χ0v) is 10.6. The molecule has 0 bridgehead atoms. The summed E-state index contributed by atoms with van der Waals surface area (Å²) in [6.07, 6.45) is 2.49. The van der Waals surface area contributed by atoms with Crippen LogP contribution in [-0.4, -0.2) is 36.9 Å². The van der Waals surface area contributed by atoms with Gasteiger partial charge in [-0.1, -0.05) is 0 Å². The molecule has 0 aromatic carbocycles. The van der Waals surface area contributed by atoms with Gasteiger partial charge in [-0.2, -0.15) is 0 Å². The van der Waals surface area contributed by atoms with Crippen LogP contribution in [0.15, 0.2) is 23.2 Å². The predicted octanol–water partition coefficient (Wildman–Crippen LogP) is 0.909. The van der Waals surface area contributed by atoms with Crippen LogP contribution >= 0.6 is 11.8 Å². The summed E-state index contributed by atoms with van der Waals surface area (Å²) in [4.78, 5) is 16.3. The number of hydrogen-bond acceptors (Lipinski definition) is 5. The fraction of sp³-hybridized carbons (Fsp3) is 0.455. The standard InChI is InChI=1S/C11H17N3O2S/c1-16-6-2-5-13-11(15)8-17-9-3-4-10(12)14-7-9/h3-4,7H,2,5-6,8H2,1H3,(H2,12,14)(H,13,15). The van der Waals surface area contributed by atoms with Gasteiger partial charge >= 0.3 is 0 Å². The summed E-state index contributed by atoms with van der Waals surface area (Å²) in [7, 11) is 1.64. The second kappa shape index (κ2) is 7.92. The highest BCUT2D eigenvalue weighted by molar-refractivity contribution is 8.00. The van der Waals surface area contributed by atoms with Gasteiger partial charge in [-0.25, -0.2) is 4.98 Å². The van der Waals surface area contributed by atoms with Crippen molar-refractivity contribution in [2.45, 2.75) is 11.3 Å². The number of anilines is 1. The van der Waals surface area contributed by atoms with Crippen molar-refractivity contribution in [3.8, 4) is 0 Å². The number of carbonyl (C=O) groups excluding carboxylic acids is 1. The second-order valence-electron chi connectivity index (χ2n) is 3.40. The molecule has 1 rings (SSSR count). The van der Waals surface area contributed by atoms with E-state index in [0.717, 1.165) is 11.3 Å². The topological polar surface area (TPSA) is 77.2 Å². The van der Waals surface area contributed by atoms with E-state index >= 15 is 0 Å². The maximum Gasteiger partial charge on any atom is 0.230 e. The Morgan fingerprint density at radius 3 is 3.06 bits per heavy atom. The average Bonchev–Trinajstić information content (AvgIpc) is 2.34. The number of nitrogens with zero attached hydrogens (tertiary/aromatic N) is 1. The molecule has 0 radical (unpaired) electrons. The van der Waals surface area contributed by atoms with Crippen molar-refractivity contribution < 1.29 is 9.53 Å². The van der Waals surface area contributed by atoms with Crippen LogP contribution in [0.25, 0.3) is 0 Å². The summed E-state index contributed by atoms with van der Waals surface area (Å²) in [5.74, 6) is 0.889. The molecule has 0 atom stereocenters. The monoisotopic (exact) mass is 255 g/mol. The molecule has 0 aliphatic rings. The summed E-state index contributed by atoms with van der Waals surface area (Å²) in [6.45, 7) is 1.31. The van der Waals surface area contributed by atoms with E-state index in [4.69, 9.17) is 10.5 Å². The molecule has 1 aromatic heterocycles. The second-order valence-corrected chi connectivity index (χ2v) is 4.45. The lowest BCUT2D eigenvalue weighted by Crippen LogP contribution is -2.26. The molecule has 17 heavy (non-hydrogen) atoms. The van der Waals surface area contributed by atoms with Gasteiger partial charge in [0.2, 0.25) is 5.91 Å². The average molecular weight is 255 g/mol. The summed E-state index contributed by atoms with van der Waals surface area (Å²) < 4.78 is 4.89. The largest absolute Gasteiger partial charge is 0.385 e. The molecule has 6 heteroatoms. The highest BCUT2D eigenvalue weighted by atomic mass is 32.2. The van der Waals surface area contributed by atoms with E-state index in [1.165, 1.54) is 11.8 Å². The molecule has 0 saturated carbocycles. The minimum absolute atomic E-state index is 0.0166. The zero-order valence-electron chi connectivity index (χ0n) is 9.81. The molecule has 0 spiro atoms. The number of ether oxygens (including phenoxy) is 1. The van der Waals surface area contributed by atoms with Crippen molar-refractivity contribution in [1.82, 2.24) is 10.3 Å². The van der Waals surface area contributed by atoms with Crippen molar-refractivity contribution in [2.24, 2.45) is 0 Å². The fourth-order valence-corrected chi connectivity index (χ4v) is 1.81. The molecule has 1 heterocycles. The summed E-state index contributed by atoms with van der Waals surface area (Å²) >= 11 is 1.44. The Kier molecular flexibility index (Phi) is 6.42. The van der Waals surface area contributed by atoms with Crippen LogP contribution in [0.5, 0.6) is 0 Å². The normalized spacial score (nSPS) is 10.2. The number of nitrogen functional groups attached to an aromatic ring is 1. The molecule has 0 fully saturated rings. The van der Waals surface area contributed by atoms with Gasteiger partial charge in [0.25, 0.3) is 0 Å². The van der Waals surface area contributed by atoms with Crippen molar-refractivity contribution >= 4 is 23.5 Å². The molecule has 3 N–H and O–H groups in total. The van der Waals surface area contributed by atoms with Crippen LogP contribution in [0.1, 0.15) is 6.42 Å². The maximum atomic E-state index is 11.4. The van der Waals surface area contributed by atoms with Gasteiger partial charge in [-0.3, -0.25) is 4.79 Å². The Labute approximate surface area is 105 Å². The zero-order chi connectivity index (χ0) is 12.5. The number of nitrogens with one attached hydrogen (secondary N) is 1. The van der Waals surface area contributed by atoms with Crippen LogP contribution in [0.2, 0.25) is 0 Å². The van der Waals surface area contributed by atoms with E-state index in [2.05, 4.69) is 10.3 Å². The molecule has 5 nitrogen and oxygen atoms in total. The highest BCUT2D eigenvalue weighted by Crippen LogP contribution is 2.16. The number of methoxy groups -OCH3 is 1. The lowest BCUT2D eigenvalue weighted by molar-refractivity contribution is -0.118. The van der Waals surface area contributed by atoms with Crippen molar-refractivity contribution in [3.63, 3.8) is 0 Å². The molecule has 0 aliphatic carbocycles. The van der Waals surface area contributed by atoms with Crippen LogP contribution < -0.4 is 11.1 Å². The minimum Gasteiger partial charge on any atom is -0.385 e. The molecule has 94 valence electrons. The first kappa shape index (κ1) is 13.8. The van der Waals surface area contributed by atoms with E-state index in [1.54, 1.807) is 19.4 Å². The molecule has 0 aliphatic heterocycles. The Hall–Kier alpha value is -1.27. The number of amides is 1. The number of thioether (sulfide) groups is 1. The number of aromatic nitrogens is 1. The van der Waals surface area contributed by atoms with Crippen molar-refractivity contribution in [2.75, 3.05) is 31.7 Å². The van der Waals surface area contributed by atoms with Gasteiger partial charge in [0.15, 0.2) is 0 Å². The number of rotatable bonds is 7. The summed E-state index contributed by atoms with van der Waals surface area (Å²) in [6, 6.07) is 3.57. The first-order valence-corrected chi connectivity index (χ1v) is 6.31. The Balaban J connectivity index is 2.17. The van der Waals surface area contributed by atoms with Gasteiger partial charge in [-0.05, 0) is 18.6 Å². The third kappa shape index (κ3) is 6.13. The predicted molar refractivity (Wildman–Crippen MR) is 68.9 cm³/mol. The summed E-state index contributed by atoms with van der Waals surface area (Å²) in [5, 5.41) is 2.81. The van der Waals surface area contributed by atoms with Crippen molar-refractivity contribution in [3.05, 3.63) is 18.3 Å². The van der Waals surface area contributed by atoms with E-state index in [-0.39, 0.29) is 5.91 Å². The van der Waals surface area contributed by atoms with Crippen LogP contribution in [0.4, 0.5) is 5.82 Å². The molecule has 0 saturated heterocycles. The Bertz CT molecular complexity index is 343. The van der Waals surface area contributed by atoms with E-state index in [0.29, 0.717) is 24.7 Å². The minimum atomic E-state index is 0.0166. The van der Waals surface area contributed by atoms with Gasteiger partial charge in [-0.15, -0.1) is 11.8 Å². The number of pyridine rings is 1. The lowest BCUT2D eigenvalue weighted by Gasteiger charge is -2.04. The van der Waals surface area contributed by atoms with Crippen LogP contribution in [0.3, 0.4) is 0 Å². The van der Waals surface area contributed by atoms with Gasteiger partial charge < -0.3 is 15.8 Å². The first-order valence-electron chi connectivity index (χ1n) is 5.32. The van der Waals surface area contributed by atoms with E-state index < -0.39 is 0 Å². The van der Waals surface area contributed by atoms with E-state index in [1.807, 2.05) is 6.07 Å². The van der Waals surface area contributed by atoms with Gasteiger partial charge in [0, 0.05) is 31.4 Å². The van der Waals surface area contributed by atoms with Gasteiger partial charge in [0.1, 0.15) is 5.82 Å². The number of nitrogens with two attached hydrogens (primary N) is 1. The first-order chi connectivity index (χ1) is 8.22. The van der Waals surface area contributed by atoms with Crippen LogP contribution in [0, 0.1) is 0 Å². The van der Waals surface area contributed by atoms with E-state index in [9.17, 15) is 4.79 Å². The Morgan fingerprint density at radius 1 is 1.59 bits per heavy atom. The molecule has 1 amide bonds. The SMILES string of the molecule is COCCCNC(=O)CSc1ccc(N)nc1. The molecular weight excluding hydrogens is 238 g/mol. The smallest absolute Gasteiger partial charge is 0.230 e. The number of carbonyl (C=O) groups is 1. The third-order valence-electron chi connectivity index (χ3n) is 1.98. The quantitative estimate of drug-likeness (QED) is 0.559. The Morgan fingerprint density at radius 2 is 2.41 bits per heavy atom. The number of hydrogen-bond donors (Lipinski definition) is 2. The fourth-order valence-electron chi connectivity index (χ4n) is 1.12. The summed E-state index contributed by atoms with van der Waals surface area (Å²) in [5.41, 5.74) is 5.47. The van der Waals surface area contributed by atoms with Crippen molar-refractivity contribution in [1.29, 1.82) is 0 Å². The molecular formula is C11H17N3O2S. The maximum absolute atomic E-state index is 11.4. The van der Waals surface area contributed by atoms with Crippen LogP contribution in [-0.2, 0) is 9.53 Å². The highest BCUT2D eigenvalue weighted by Gasteiger charge is 2.02. The lowest BCUT2D eigenvalue weighted by atomic mass is 10.4. The van der Waals surface area contributed by atoms with Gasteiger partial charge in [0.05, 0.1) is 5.75 Å². The third-order valence-corrected chi connectivity index (χ3v) is 2.96. The molecule has 0 unspecified atom stereocenters.